The number of aromatic nitrogens is 1. The van der Waals surface area contributed by atoms with E-state index in [1.165, 1.54) is 37.5 Å². The third-order valence-corrected chi connectivity index (χ3v) is 5.26. The molecule has 2 heterocycles. The number of anilines is 2. The molecule has 0 unspecified atom stereocenters. The molecule has 1 aromatic carbocycles. The lowest BCUT2D eigenvalue weighted by molar-refractivity contribution is -0.116. The quantitative estimate of drug-likeness (QED) is 0.657. The van der Waals surface area contributed by atoms with Gasteiger partial charge in [0.05, 0.1) is 11.9 Å². The molecule has 1 amide bonds. The number of nitrogens with zero attached hydrogens (tertiary/aromatic N) is 2. The Hall–Kier alpha value is -2.94. The van der Waals surface area contributed by atoms with Crippen molar-refractivity contribution in [2.24, 2.45) is 0 Å². The number of piperidine rings is 1. The summed E-state index contributed by atoms with van der Waals surface area (Å²) in [5.41, 5.74) is 1.20. The van der Waals surface area contributed by atoms with Gasteiger partial charge >= 0.3 is 0 Å². The average Bonchev–Trinajstić information content (AvgIpc) is 2.72. The first-order valence-corrected chi connectivity index (χ1v) is 11.6. The normalized spacial score (nSPS) is 14.7. The summed E-state index contributed by atoms with van der Waals surface area (Å²) >= 11 is 0. The van der Waals surface area contributed by atoms with Crippen molar-refractivity contribution in [3.05, 3.63) is 59.5 Å². The van der Waals surface area contributed by atoms with Gasteiger partial charge in [-0.05, 0) is 60.7 Å². The van der Waals surface area contributed by atoms with E-state index in [1.807, 2.05) is 12.1 Å². The summed E-state index contributed by atoms with van der Waals surface area (Å²) in [6.45, 7) is 2.17. The highest BCUT2D eigenvalue weighted by atomic mass is 32.2. The zero-order valence-electron chi connectivity index (χ0n) is 16.8. The molecule has 1 aliphatic heterocycles. The molecule has 0 bridgehead atoms. The van der Waals surface area contributed by atoms with Gasteiger partial charge < -0.3 is 10.2 Å². The number of benzene rings is 1. The second-order valence-electron chi connectivity index (χ2n) is 7.24. The van der Waals surface area contributed by atoms with Crippen LogP contribution in [0.5, 0.6) is 0 Å². The molecule has 7 nitrogen and oxygen atoms in total. The van der Waals surface area contributed by atoms with Crippen molar-refractivity contribution in [3.63, 3.8) is 0 Å². The molecule has 9 heteroatoms. The van der Waals surface area contributed by atoms with Crippen LogP contribution in [0.3, 0.4) is 0 Å². The zero-order chi connectivity index (χ0) is 21.6. The maximum Gasteiger partial charge on any atom is 0.244 e. The summed E-state index contributed by atoms with van der Waals surface area (Å²) in [4.78, 5) is 18.8. The molecule has 160 valence electrons. The molecule has 0 atom stereocenters. The molecule has 0 aliphatic carbocycles. The molecule has 30 heavy (non-hydrogen) atoms. The lowest BCUT2D eigenvalue weighted by Gasteiger charge is -2.27. The molecule has 0 spiro atoms. The number of hydrogen-bond acceptors (Lipinski definition) is 5. The van der Waals surface area contributed by atoms with Gasteiger partial charge in [-0.25, -0.2) is 17.8 Å². The first-order chi connectivity index (χ1) is 14.3. The van der Waals surface area contributed by atoms with Gasteiger partial charge in [-0.1, -0.05) is 6.07 Å². The molecule has 1 aromatic heterocycles. The summed E-state index contributed by atoms with van der Waals surface area (Å²) < 4.78 is 38.5. The van der Waals surface area contributed by atoms with Crippen LogP contribution in [0.25, 0.3) is 6.08 Å². The fraction of sp³-hybridized carbons (Fsp3) is 0.333. The van der Waals surface area contributed by atoms with E-state index in [0.717, 1.165) is 30.7 Å². The van der Waals surface area contributed by atoms with Crippen molar-refractivity contribution in [1.29, 1.82) is 0 Å². The number of carbonyl (C=O) groups is 1. The molecule has 1 saturated heterocycles. The molecule has 2 N–H and O–H groups in total. The number of amides is 1. The van der Waals surface area contributed by atoms with E-state index < -0.39 is 15.8 Å². The van der Waals surface area contributed by atoms with E-state index in [4.69, 9.17) is 0 Å². The van der Waals surface area contributed by atoms with Crippen molar-refractivity contribution >= 4 is 33.5 Å². The predicted octanol–water partition coefficient (Wildman–Crippen LogP) is 2.91. The minimum absolute atomic E-state index is 0.116. The number of carbonyl (C=O) groups excluding carboxylic acids is 1. The highest BCUT2D eigenvalue weighted by Crippen LogP contribution is 2.18. The third-order valence-electron chi connectivity index (χ3n) is 4.67. The Bertz CT molecular complexity index is 1020. The van der Waals surface area contributed by atoms with Crippen LogP contribution >= 0.6 is 0 Å². The van der Waals surface area contributed by atoms with Crippen LogP contribution < -0.4 is 14.9 Å². The smallest absolute Gasteiger partial charge is 0.244 e. The molecule has 2 aromatic rings. The number of sulfonamides is 1. The van der Waals surface area contributed by atoms with Crippen molar-refractivity contribution in [2.75, 3.05) is 29.0 Å². The lowest BCUT2D eigenvalue weighted by atomic mass is 10.1. The Morgan fingerprint density at radius 3 is 2.60 bits per heavy atom. The van der Waals surface area contributed by atoms with Gasteiger partial charge in [0.2, 0.25) is 15.9 Å². The minimum Gasteiger partial charge on any atom is -0.357 e. The lowest BCUT2D eigenvalue weighted by Crippen LogP contribution is -2.29. The minimum atomic E-state index is -3.56. The Morgan fingerprint density at radius 1 is 1.20 bits per heavy atom. The van der Waals surface area contributed by atoms with E-state index in [9.17, 15) is 17.6 Å². The number of rotatable bonds is 7. The first-order valence-electron chi connectivity index (χ1n) is 9.73. The Morgan fingerprint density at radius 2 is 1.97 bits per heavy atom. The number of halogens is 1. The second-order valence-corrected chi connectivity index (χ2v) is 8.99. The van der Waals surface area contributed by atoms with E-state index >= 15 is 0 Å². The molecule has 0 radical (unpaired) electrons. The SMILES string of the molecule is CS(=O)(=O)Nc1ccc(CNC(=O)/C=C/c2ccc(N3CCCCC3)nc2)cc1F. The summed E-state index contributed by atoms with van der Waals surface area (Å²) in [6, 6.07) is 7.93. The Balaban J connectivity index is 1.51. The standard InChI is InChI=1S/C21H25FN4O3S/c1-30(28,29)25-19-8-5-17(13-18(19)22)15-24-21(27)10-7-16-6-9-20(23-14-16)26-11-3-2-4-12-26/h5-10,13-14,25H,2-4,11-12,15H2,1H3,(H,24,27)/b10-7+. The summed E-state index contributed by atoms with van der Waals surface area (Å²) in [6.07, 6.45) is 9.38. The van der Waals surface area contributed by atoms with Gasteiger partial charge in [0, 0.05) is 31.9 Å². The second kappa shape index (κ2) is 9.71. The van der Waals surface area contributed by atoms with E-state index in [2.05, 4.69) is 19.9 Å². The average molecular weight is 433 g/mol. The van der Waals surface area contributed by atoms with Gasteiger partial charge in [0.1, 0.15) is 11.6 Å². The molecule has 1 aliphatic rings. The molecular weight excluding hydrogens is 407 g/mol. The highest BCUT2D eigenvalue weighted by molar-refractivity contribution is 7.92. The maximum absolute atomic E-state index is 14.0. The van der Waals surface area contributed by atoms with Crippen LogP contribution in [0.4, 0.5) is 15.9 Å². The number of pyridine rings is 1. The van der Waals surface area contributed by atoms with Crippen LogP contribution in [0.2, 0.25) is 0 Å². The van der Waals surface area contributed by atoms with Gasteiger partial charge in [-0.15, -0.1) is 0 Å². The number of nitrogens with one attached hydrogen (secondary N) is 2. The van der Waals surface area contributed by atoms with Crippen molar-refractivity contribution in [1.82, 2.24) is 10.3 Å². The Labute approximate surface area is 176 Å². The zero-order valence-corrected chi connectivity index (χ0v) is 17.6. The van der Waals surface area contributed by atoms with Crippen molar-refractivity contribution < 1.29 is 17.6 Å². The largest absolute Gasteiger partial charge is 0.357 e. The van der Waals surface area contributed by atoms with E-state index in [0.29, 0.717) is 5.56 Å². The molecule has 0 saturated carbocycles. The van der Waals surface area contributed by atoms with Crippen molar-refractivity contribution in [3.8, 4) is 0 Å². The highest BCUT2D eigenvalue weighted by Gasteiger charge is 2.11. The van der Waals surface area contributed by atoms with E-state index in [1.54, 1.807) is 18.3 Å². The predicted molar refractivity (Wildman–Crippen MR) is 116 cm³/mol. The van der Waals surface area contributed by atoms with Gasteiger partial charge in [0.25, 0.3) is 0 Å². The summed E-state index contributed by atoms with van der Waals surface area (Å²) in [5, 5.41) is 2.67. The maximum atomic E-state index is 14.0. The topological polar surface area (TPSA) is 91.4 Å². The van der Waals surface area contributed by atoms with E-state index in [-0.39, 0.29) is 18.1 Å². The van der Waals surface area contributed by atoms with Gasteiger partial charge in [-0.2, -0.15) is 0 Å². The van der Waals surface area contributed by atoms with Crippen LogP contribution in [-0.2, 0) is 21.4 Å². The van der Waals surface area contributed by atoms with Crippen molar-refractivity contribution in [2.45, 2.75) is 25.8 Å². The number of hydrogen-bond donors (Lipinski definition) is 2. The molecular formula is C21H25FN4O3S. The Kier molecular flexibility index (Phi) is 7.04. The van der Waals surface area contributed by atoms with Crippen LogP contribution in [-0.4, -0.2) is 38.7 Å². The third kappa shape index (κ3) is 6.55. The summed E-state index contributed by atoms with van der Waals surface area (Å²) in [7, 11) is -3.56. The van der Waals surface area contributed by atoms with Crippen LogP contribution in [0, 0.1) is 5.82 Å². The fourth-order valence-electron chi connectivity index (χ4n) is 3.18. The van der Waals surface area contributed by atoms with Crippen LogP contribution in [0.1, 0.15) is 30.4 Å². The molecule has 3 rings (SSSR count). The molecule has 1 fully saturated rings. The van der Waals surface area contributed by atoms with Gasteiger partial charge in [-0.3, -0.25) is 9.52 Å². The first kappa shape index (κ1) is 21.8. The fourth-order valence-corrected chi connectivity index (χ4v) is 3.74. The summed E-state index contributed by atoms with van der Waals surface area (Å²) in [5.74, 6) is -0.0800. The van der Waals surface area contributed by atoms with Crippen LogP contribution in [0.15, 0.2) is 42.6 Å². The monoisotopic (exact) mass is 432 g/mol. The van der Waals surface area contributed by atoms with Gasteiger partial charge in [0.15, 0.2) is 0 Å².